The van der Waals surface area contributed by atoms with E-state index in [-0.39, 0.29) is 17.3 Å². The molecule has 1 aliphatic carbocycles. The summed E-state index contributed by atoms with van der Waals surface area (Å²) in [5.41, 5.74) is 11.9. The molecule has 1 aromatic carbocycles. The van der Waals surface area contributed by atoms with Crippen molar-refractivity contribution in [2.45, 2.75) is 105 Å². The summed E-state index contributed by atoms with van der Waals surface area (Å²) in [5, 5.41) is 3.67. The highest BCUT2D eigenvalue weighted by molar-refractivity contribution is 5.68. The van der Waals surface area contributed by atoms with E-state index in [1.807, 2.05) is 13.0 Å². The van der Waals surface area contributed by atoms with Gasteiger partial charge >= 0.3 is 0 Å². The predicted molar refractivity (Wildman–Crippen MR) is 151 cm³/mol. The van der Waals surface area contributed by atoms with Gasteiger partial charge in [-0.25, -0.2) is 9.37 Å². The van der Waals surface area contributed by atoms with E-state index in [1.54, 1.807) is 6.07 Å². The number of hydrogen-bond donors (Lipinski definition) is 2. The summed E-state index contributed by atoms with van der Waals surface area (Å²) in [6, 6.07) is 3.54. The van der Waals surface area contributed by atoms with Crippen LogP contribution in [0.25, 0.3) is 11.4 Å². The van der Waals surface area contributed by atoms with Gasteiger partial charge in [0.2, 0.25) is 0 Å². The molecular formula is C31H47FN4. The zero-order valence-corrected chi connectivity index (χ0v) is 23.6. The minimum atomic E-state index is -0.212. The Kier molecular flexibility index (Phi) is 8.74. The Hall–Kier alpha value is -2.56. The number of nitrogens with one attached hydrogen (secondary N) is 1. The number of aryl methyl sites for hydroxylation is 1. The molecule has 3 rings (SSSR count). The lowest BCUT2D eigenvalue weighted by atomic mass is 9.78. The van der Waals surface area contributed by atoms with Crippen LogP contribution < -0.4 is 11.1 Å². The number of nitrogens with zero attached hydrogens (tertiary/aromatic N) is 2. The second-order valence-electron chi connectivity index (χ2n) is 11.7. The summed E-state index contributed by atoms with van der Waals surface area (Å²) in [4.78, 5) is 4.95. The van der Waals surface area contributed by atoms with Crippen molar-refractivity contribution in [3.63, 3.8) is 0 Å². The second kappa shape index (κ2) is 11.2. The molecule has 1 heterocycles. The number of imidazole rings is 1. The Bertz CT molecular complexity index is 1100. The quantitative estimate of drug-likeness (QED) is 0.358. The second-order valence-corrected chi connectivity index (χ2v) is 11.7. The Morgan fingerprint density at radius 3 is 2.44 bits per heavy atom. The summed E-state index contributed by atoms with van der Waals surface area (Å²) in [6.07, 6.45) is 6.24. The van der Waals surface area contributed by atoms with Gasteiger partial charge < -0.3 is 15.6 Å². The molecule has 1 aliphatic rings. The third-order valence-corrected chi connectivity index (χ3v) is 7.82. The maximum atomic E-state index is 15.6. The van der Waals surface area contributed by atoms with Crippen molar-refractivity contribution in [3.05, 3.63) is 65.0 Å². The lowest BCUT2D eigenvalue weighted by Crippen LogP contribution is -2.44. The first-order valence-electron chi connectivity index (χ1n) is 13.7. The lowest BCUT2D eigenvalue weighted by Gasteiger charge is -2.39. The van der Waals surface area contributed by atoms with Gasteiger partial charge in [-0.05, 0) is 81.4 Å². The van der Waals surface area contributed by atoms with Crippen molar-refractivity contribution in [1.82, 2.24) is 14.9 Å². The van der Waals surface area contributed by atoms with Gasteiger partial charge in [0.1, 0.15) is 11.6 Å². The third-order valence-electron chi connectivity index (χ3n) is 7.82. The Labute approximate surface area is 218 Å². The third kappa shape index (κ3) is 5.87. The first-order chi connectivity index (χ1) is 16.9. The number of hydrogen-bond acceptors (Lipinski definition) is 3. The number of aromatic nitrogens is 2. The van der Waals surface area contributed by atoms with Gasteiger partial charge in [-0.15, -0.1) is 0 Å². The van der Waals surface area contributed by atoms with Gasteiger partial charge in [-0.1, -0.05) is 53.8 Å². The van der Waals surface area contributed by atoms with Gasteiger partial charge in [0.25, 0.3) is 0 Å². The molecule has 0 spiro atoms. The highest BCUT2D eigenvalue weighted by Crippen LogP contribution is 2.37. The highest BCUT2D eigenvalue weighted by Gasteiger charge is 2.32. The predicted octanol–water partition coefficient (Wildman–Crippen LogP) is 7.55. The van der Waals surface area contributed by atoms with Crippen LogP contribution in [0.5, 0.6) is 0 Å². The zero-order chi connectivity index (χ0) is 26.8. The van der Waals surface area contributed by atoms with Gasteiger partial charge in [0.15, 0.2) is 0 Å². The van der Waals surface area contributed by atoms with Crippen molar-refractivity contribution in [3.8, 4) is 0 Å². The van der Waals surface area contributed by atoms with Crippen LogP contribution in [0.2, 0.25) is 0 Å². The fraction of sp³-hybridized carbons (Fsp3) is 0.581. The van der Waals surface area contributed by atoms with Crippen LogP contribution in [-0.4, -0.2) is 15.1 Å². The molecule has 1 atom stereocenters. The smallest absolute Gasteiger partial charge is 0.132 e. The van der Waals surface area contributed by atoms with Crippen molar-refractivity contribution in [1.29, 1.82) is 0 Å². The van der Waals surface area contributed by atoms with Gasteiger partial charge in [0, 0.05) is 29.3 Å². The molecule has 2 aromatic rings. The van der Waals surface area contributed by atoms with E-state index in [0.717, 1.165) is 66.5 Å². The van der Waals surface area contributed by atoms with Crippen molar-refractivity contribution < 1.29 is 4.39 Å². The van der Waals surface area contributed by atoms with Gasteiger partial charge in [-0.3, -0.25) is 0 Å². The zero-order valence-electron chi connectivity index (χ0n) is 23.6. The highest BCUT2D eigenvalue weighted by atomic mass is 19.1. The van der Waals surface area contributed by atoms with E-state index in [9.17, 15) is 0 Å². The van der Waals surface area contributed by atoms with E-state index in [4.69, 9.17) is 10.7 Å². The number of rotatable bonds is 10. The maximum absolute atomic E-state index is 15.6. The van der Waals surface area contributed by atoms with Crippen LogP contribution in [0.4, 0.5) is 4.39 Å². The molecule has 4 nitrogen and oxygen atoms in total. The van der Waals surface area contributed by atoms with Crippen LogP contribution in [0.1, 0.15) is 113 Å². The van der Waals surface area contributed by atoms with Crippen molar-refractivity contribution >= 4 is 11.4 Å². The average Bonchev–Trinajstić information content (AvgIpc) is 3.11. The largest absolute Gasteiger partial charge is 0.397 e. The number of halogens is 1. The van der Waals surface area contributed by atoms with Gasteiger partial charge in [0.05, 0.1) is 17.1 Å². The Balaban J connectivity index is 2.10. The van der Waals surface area contributed by atoms with E-state index in [0.29, 0.717) is 22.9 Å². The Morgan fingerprint density at radius 1 is 1.25 bits per heavy atom. The van der Waals surface area contributed by atoms with Crippen molar-refractivity contribution in [2.75, 3.05) is 0 Å². The molecule has 1 aromatic heterocycles. The average molecular weight is 495 g/mol. The van der Waals surface area contributed by atoms with Crippen LogP contribution in [0.3, 0.4) is 0 Å². The van der Waals surface area contributed by atoms with Crippen LogP contribution in [0, 0.1) is 24.6 Å². The molecule has 1 saturated carbocycles. The minimum Gasteiger partial charge on any atom is -0.397 e. The van der Waals surface area contributed by atoms with E-state index in [2.05, 4.69) is 64.6 Å². The van der Waals surface area contributed by atoms with E-state index < -0.39 is 0 Å². The SMILES string of the molecule is C=C(NC1(C)CCC(C)CC1)c1c(F)ccc(C(C)c2nc(C)c(C(=C)N)n2CCC)c1CC(C)C. The molecule has 0 radical (unpaired) electrons. The monoisotopic (exact) mass is 494 g/mol. The van der Waals surface area contributed by atoms with Crippen molar-refractivity contribution in [2.24, 2.45) is 17.6 Å². The normalized spacial score (nSPS) is 21.0. The standard InChI is InChI=1S/C31H47FN4/c1-10-17-36-29(22(6)33)24(8)34-30(36)21(5)25-11-12-27(32)28(26(25)18-19(2)3)23(7)35-31(9)15-13-20(4)14-16-31/h11-12,19-21,35H,6-7,10,13-18,33H2,1-5,8-9H3. The first-order valence-corrected chi connectivity index (χ1v) is 13.7. The summed E-state index contributed by atoms with van der Waals surface area (Å²) >= 11 is 0. The molecule has 36 heavy (non-hydrogen) atoms. The molecule has 1 fully saturated rings. The molecule has 0 amide bonds. The fourth-order valence-corrected chi connectivity index (χ4v) is 5.87. The molecule has 5 heteroatoms. The van der Waals surface area contributed by atoms with Crippen LogP contribution >= 0.6 is 0 Å². The molecule has 0 bridgehead atoms. The first kappa shape index (κ1) is 28.0. The summed E-state index contributed by atoms with van der Waals surface area (Å²) in [6.45, 7) is 24.4. The summed E-state index contributed by atoms with van der Waals surface area (Å²) in [5.74, 6) is 1.82. The molecule has 1 unspecified atom stereocenters. The van der Waals surface area contributed by atoms with Crippen LogP contribution in [-0.2, 0) is 13.0 Å². The number of benzene rings is 1. The molecule has 0 aliphatic heterocycles. The molecule has 198 valence electrons. The molecule has 3 N–H and O–H groups in total. The van der Waals surface area contributed by atoms with E-state index in [1.165, 1.54) is 12.8 Å². The molecule has 0 saturated heterocycles. The van der Waals surface area contributed by atoms with E-state index >= 15 is 4.39 Å². The number of nitrogens with two attached hydrogens (primary N) is 1. The topological polar surface area (TPSA) is 55.9 Å². The summed E-state index contributed by atoms with van der Waals surface area (Å²) in [7, 11) is 0. The van der Waals surface area contributed by atoms with Gasteiger partial charge in [-0.2, -0.15) is 0 Å². The molecular weight excluding hydrogens is 447 g/mol. The minimum absolute atomic E-state index is 0.0321. The fourth-order valence-electron chi connectivity index (χ4n) is 5.87. The summed E-state index contributed by atoms with van der Waals surface area (Å²) < 4.78 is 17.8. The Morgan fingerprint density at radius 2 is 1.89 bits per heavy atom. The lowest BCUT2D eigenvalue weighted by molar-refractivity contribution is 0.237. The van der Waals surface area contributed by atoms with Crippen LogP contribution in [0.15, 0.2) is 25.3 Å². The maximum Gasteiger partial charge on any atom is 0.132 e.